The van der Waals surface area contributed by atoms with Crippen LogP contribution in [0.25, 0.3) is 0 Å². The fourth-order valence-electron chi connectivity index (χ4n) is 13.2. The molecule has 3 saturated heterocycles. The summed E-state index contributed by atoms with van der Waals surface area (Å²) in [7, 11) is 0. The Bertz CT molecular complexity index is 2010. The van der Waals surface area contributed by atoms with E-state index in [9.17, 15) is 61.0 Å². The zero-order chi connectivity index (χ0) is 71.1. The van der Waals surface area contributed by atoms with Gasteiger partial charge in [-0.25, -0.2) is 0 Å². The first-order valence-corrected chi connectivity index (χ1v) is 39.5. The fourth-order valence-corrected chi connectivity index (χ4v) is 13.2. The summed E-state index contributed by atoms with van der Waals surface area (Å²) in [5, 5.41) is 121. The van der Waals surface area contributed by atoms with Crippen molar-refractivity contribution in [1.29, 1.82) is 0 Å². The van der Waals surface area contributed by atoms with Crippen molar-refractivity contribution in [3.05, 3.63) is 60.8 Å². The number of aliphatic hydroxyl groups is 11. The highest BCUT2D eigenvalue weighted by atomic mass is 16.8. The van der Waals surface area contributed by atoms with Crippen LogP contribution in [0.4, 0.5) is 0 Å². The Hall–Kier alpha value is -2.51. The SMILES string of the molecule is CCCCCCC/C=C\C/C=C\C/C=C\CCCCCCCCCCCCCCCCCCCCCCCCCCC(=O)NC(COC1OC(CO)C(OC2OC(CO)C(OC3OC(CO)C(O)C(O)C3O)C(O)C2O)C(O)C1O)C(O)/C=C/CC/C=C/CCCCCCCCCC. The summed E-state index contributed by atoms with van der Waals surface area (Å²) < 4.78 is 34.4. The van der Waals surface area contributed by atoms with Crippen LogP contribution >= 0.6 is 0 Å². The maximum Gasteiger partial charge on any atom is 0.220 e. The summed E-state index contributed by atoms with van der Waals surface area (Å²) in [5.74, 6) is -0.282. The summed E-state index contributed by atoms with van der Waals surface area (Å²) >= 11 is 0. The monoisotopic (exact) mass is 1390 g/mol. The van der Waals surface area contributed by atoms with Crippen LogP contribution in [0, 0.1) is 0 Å². The van der Waals surface area contributed by atoms with E-state index in [1.165, 1.54) is 218 Å². The van der Waals surface area contributed by atoms with Crippen molar-refractivity contribution < 1.29 is 89.4 Å². The number of hydrogen-bond acceptors (Lipinski definition) is 18. The van der Waals surface area contributed by atoms with Gasteiger partial charge in [-0.15, -0.1) is 0 Å². The molecule has 3 heterocycles. The van der Waals surface area contributed by atoms with E-state index >= 15 is 0 Å². The highest BCUT2D eigenvalue weighted by Crippen LogP contribution is 2.33. The van der Waals surface area contributed by atoms with Crippen LogP contribution in [-0.4, -0.2) is 193 Å². The minimum absolute atomic E-state index is 0.237. The summed E-state index contributed by atoms with van der Waals surface area (Å²) in [6.07, 6.45) is 49.6. The van der Waals surface area contributed by atoms with Gasteiger partial charge < -0.3 is 89.9 Å². The van der Waals surface area contributed by atoms with Crippen molar-refractivity contribution in [3.63, 3.8) is 0 Å². The standard InChI is InChI=1S/C79H143NO18/c1-3-5-7-9-11-13-15-17-19-20-21-22-23-24-25-26-27-28-29-30-31-32-33-34-35-36-37-38-39-40-41-42-43-45-47-49-51-53-55-57-67(85)80-62(63(84)56-54-52-50-48-46-44-18-16-14-12-10-8-6-4-2)61-93-77-73(91)70(88)75(65(59-82)95-77)98-79-74(92)71(89)76(66(60-83)96-79)97-78-72(90)69(87)68(86)64(58-81)94-78/h15,17,20-21,23-24,46,48,54,56,62-66,68-79,81-84,86-92H,3-14,16,18-19,22,25-45,47,49-53,55,57-61H2,1-2H3,(H,80,85)/b17-15-,21-20-,24-23-,48-46+,56-54+. The molecule has 0 aromatic carbocycles. The summed E-state index contributed by atoms with van der Waals surface area (Å²) in [6, 6.07) is -0.990. The molecule has 3 rings (SSSR count). The van der Waals surface area contributed by atoms with E-state index in [4.69, 9.17) is 28.4 Å². The van der Waals surface area contributed by atoms with E-state index in [0.717, 1.165) is 51.4 Å². The predicted molar refractivity (Wildman–Crippen MR) is 388 cm³/mol. The maximum absolute atomic E-state index is 13.4. The Morgan fingerprint density at radius 2 is 0.684 bits per heavy atom. The molecule has 0 aliphatic carbocycles. The summed E-state index contributed by atoms with van der Waals surface area (Å²) in [5.41, 5.74) is 0. The molecule has 0 saturated carbocycles. The Labute approximate surface area is 592 Å². The average Bonchev–Trinajstić information content (AvgIpc) is 0.785. The van der Waals surface area contributed by atoms with Gasteiger partial charge in [-0.3, -0.25) is 4.79 Å². The molecular formula is C79H143NO18. The molecule has 3 aliphatic rings. The third-order valence-corrected chi connectivity index (χ3v) is 19.5. The van der Waals surface area contributed by atoms with Gasteiger partial charge in [-0.05, 0) is 70.6 Å². The summed E-state index contributed by atoms with van der Waals surface area (Å²) in [4.78, 5) is 13.4. The number of unbranched alkanes of at least 4 members (excludes halogenated alkanes) is 38. The van der Waals surface area contributed by atoms with Gasteiger partial charge in [0.2, 0.25) is 5.91 Å². The third kappa shape index (κ3) is 39.9. The van der Waals surface area contributed by atoms with E-state index in [-0.39, 0.29) is 18.9 Å². The van der Waals surface area contributed by atoms with Crippen molar-refractivity contribution in [1.82, 2.24) is 5.32 Å². The van der Waals surface area contributed by atoms with Crippen LogP contribution in [0.1, 0.15) is 303 Å². The second-order valence-electron chi connectivity index (χ2n) is 28.2. The lowest BCUT2D eigenvalue weighted by atomic mass is 9.96. The van der Waals surface area contributed by atoms with Crippen LogP contribution in [0.2, 0.25) is 0 Å². The molecule has 19 heteroatoms. The Morgan fingerprint density at radius 3 is 1.09 bits per heavy atom. The lowest BCUT2D eigenvalue weighted by Crippen LogP contribution is -2.66. The number of amides is 1. The number of allylic oxidation sites excluding steroid dienone is 9. The van der Waals surface area contributed by atoms with Crippen LogP contribution in [-0.2, 0) is 33.2 Å². The number of ether oxygens (including phenoxy) is 6. The normalized spacial score (nSPS) is 27.1. The minimum Gasteiger partial charge on any atom is -0.394 e. The molecule has 17 atom stereocenters. The molecule has 3 fully saturated rings. The molecule has 0 bridgehead atoms. The van der Waals surface area contributed by atoms with Gasteiger partial charge in [0, 0.05) is 6.42 Å². The van der Waals surface area contributed by atoms with Gasteiger partial charge in [-0.1, -0.05) is 286 Å². The second kappa shape index (κ2) is 59.8. The van der Waals surface area contributed by atoms with Gasteiger partial charge in [0.25, 0.3) is 0 Å². The number of carbonyl (C=O) groups is 1. The molecular weight excluding hydrogens is 1250 g/mol. The van der Waals surface area contributed by atoms with Crippen molar-refractivity contribution in [2.75, 3.05) is 26.4 Å². The molecule has 0 aromatic heterocycles. The number of hydrogen-bond donors (Lipinski definition) is 12. The molecule has 98 heavy (non-hydrogen) atoms. The van der Waals surface area contributed by atoms with Crippen LogP contribution in [0.3, 0.4) is 0 Å². The molecule has 0 spiro atoms. The van der Waals surface area contributed by atoms with Gasteiger partial charge >= 0.3 is 0 Å². The Balaban J connectivity index is 1.29. The Kier molecular flexibility index (Phi) is 54.8. The number of nitrogens with one attached hydrogen (secondary N) is 1. The average molecular weight is 1400 g/mol. The van der Waals surface area contributed by atoms with E-state index in [1.54, 1.807) is 6.08 Å². The molecule has 12 N–H and O–H groups in total. The van der Waals surface area contributed by atoms with Crippen LogP contribution in [0.5, 0.6) is 0 Å². The molecule has 17 unspecified atom stereocenters. The fraction of sp³-hybridized carbons (Fsp3) is 0.861. The first-order valence-electron chi connectivity index (χ1n) is 39.5. The molecule has 1 amide bonds. The number of aliphatic hydroxyl groups excluding tert-OH is 11. The lowest BCUT2D eigenvalue weighted by Gasteiger charge is -2.48. The van der Waals surface area contributed by atoms with Crippen LogP contribution < -0.4 is 5.32 Å². The summed E-state index contributed by atoms with van der Waals surface area (Å²) in [6.45, 7) is 1.71. The van der Waals surface area contributed by atoms with Crippen molar-refractivity contribution in [2.24, 2.45) is 0 Å². The maximum atomic E-state index is 13.4. The van der Waals surface area contributed by atoms with E-state index in [0.29, 0.717) is 12.8 Å². The smallest absolute Gasteiger partial charge is 0.220 e. The topological polar surface area (TPSA) is 307 Å². The van der Waals surface area contributed by atoms with Crippen molar-refractivity contribution >= 4 is 5.91 Å². The second-order valence-corrected chi connectivity index (χ2v) is 28.2. The highest BCUT2D eigenvalue weighted by Gasteiger charge is 2.53. The van der Waals surface area contributed by atoms with Gasteiger partial charge in [-0.2, -0.15) is 0 Å². The largest absolute Gasteiger partial charge is 0.394 e. The van der Waals surface area contributed by atoms with Crippen LogP contribution in [0.15, 0.2) is 60.8 Å². The van der Waals surface area contributed by atoms with E-state index in [1.807, 2.05) is 6.08 Å². The Morgan fingerprint density at radius 1 is 0.367 bits per heavy atom. The molecule has 19 nitrogen and oxygen atoms in total. The zero-order valence-electron chi connectivity index (χ0n) is 61.0. The number of rotatable bonds is 62. The van der Waals surface area contributed by atoms with Gasteiger partial charge in [0.05, 0.1) is 38.6 Å². The molecule has 0 radical (unpaired) electrons. The quantitative estimate of drug-likeness (QED) is 0.0199. The first kappa shape index (κ1) is 89.7. The molecule has 0 aromatic rings. The van der Waals surface area contributed by atoms with Crippen molar-refractivity contribution in [3.8, 4) is 0 Å². The minimum atomic E-state index is -1.98. The number of carbonyl (C=O) groups excluding carboxylic acids is 1. The molecule has 3 aliphatic heterocycles. The van der Waals surface area contributed by atoms with Gasteiger partial charge in [0.1, 0.15) is 73.2 Å². The zero-order valence-corrected chi connectivity index (χ0v) is 61.0. The van der Waals surface area contributed by atoms with Crippen molar-refractivity contribution in [2.45, 2.75) is 407 Å². The van der Waals surface area contributed by atoms with E-state index < -0.39 is 124 Å². The van der Waals surface area contributed by atoms with E-state index in [2.05, 4.69) is 67.8 Å². The van der Waals surface area contributed by atoms with Gasteiger partial charge in [0.15, 0.2) is 18.9 Å². The lowest BCUT2D eigenvalue weighted by molar-refractivity contribution is -0.379. The predicted octanol–water partition coefficient (Wildman–Crippen LogP) is 12.7. The first-order chi connectivity index (χ1) is 47.8. The molecule has 572 valence electrons. The third-order valence-electron chi connectivity index (χ3n) is 19.5. The highest BCUT2D eigenvalue weighted by molar-refractivity contribution is 5.76.